The topological polar surface area (TPSA) is 84.3 Å². The van der Waals surface area contributed by atoms with Gasteiger partial charge in [-0.3, -0.25) is 9.48 Å². The Labute approximate surface area is 141 Å². The number of nitrogens with zero attached hydrogens (tertiary/aromatic N) is 3. The lowest BCUT2D eigenvalue weighted by atomic mass is 10.2. The van der Waals surface area contributed by atoms with Crippen LogP contribution in [0.5, 0.6) is 0 Å². The van der Waals surface area contributed by atoms with Crippen molar-refractivity contribution in [2.45, 2.75) is 31.2 Å². The number of nitrogens with one attached hydrogen (secondary N) is 1. The zero-order chi connectivity index (χ0) is 17.3. The summed E-state index contributed by atoms with van der Waals surface area (Å²) in [5, 5.41) is 3.96. The maximum atomic E-state index is 12.3. The van der Waals surface area contributed by atoms with E-state index in [-0.39, 0.29) is 17.3 Å². The van der Waals surface area contributed by atoms with Gasteiger partial charge in [0.25, 0.3) is 0 Å². The van der Waals surface area contributed by atoms with E-state index < -0.39 is 10.0 Å². The van der Waals surface area contributed by atoms with Crippen molar-refractivity contribution < 1.29 is 13.2 Å². The highest BCUT2D eigenvalue weighted by Gasteiger charge is 2.22. The number of aromatic nitrogens is 2. The van der Waals surface area contributed by atoms with Crippen molar-refractivity contribution in [2.75, 3.05) is 11.4 Å². The third-order valence-corrected chi connectivity index (χ3v) is 5.77. The molecule has 128 valence electrons. The van der Waals surface area contributed by atoms with Crippen LogP contribution < -0.4 is 9.62 Å². The average molecular weight is 348 g/mol. The standard InChI is InChI=1S/C16H20N4O3S/c1-12-15(11-17-19(12)2)24(22,23)18-10-13-5-7-14(8-6-13)20-9-3-4-16(20)21/h5-8,11,18H,3-4,9-10H2,1-2H3. The van der Waals surface area contributed by atoms with E-state index in [1.54, 1.807) is 18.9 Å². The molecule has 1 aromatic carbocycles. The van der Waals surface area contributed by atoms with Crippen molar-refractivity contribution in [1.82, 2.24) is 14.5 Å². The summed E-state index contributed by atoms with van der Waals surface area (Å²) in [6, 6.07) is 7.36. The van der Waals surface area contributed by atoms with Gasteiger partial charge in [0.2, 0.25) is 15.9 Å². The molecule has 1 saturated heterocycles. The zero-order valence-electron chi connectivity index (χ0n) is 13.7. The molecule has 7 nitrogen and oxygen atoms in total. The highest BCUT2D eigenvalue weighted by atomic mass is 32.2. The van der Waals surface area contributed by atoms with Gasteiger partial charge in [0, 0.05) is 32.2 Å². The summed E-state index contributed by atoms with van der Waals surface area (Å²) < 4.78 is 28.8. The minimum atomic E-state index is -3.60. The van der Waals surface area contributed by atoms with E-state index in [9.17, 15) is 13.2 Å². The Morgan fingerprint density at radius 1 is 1.25 bits per heavy atom. The molecule has 2 aromatic rings. The number of carbonyl (C=O) groups excluding carboxylic acids is 1. The predicted octanol–water partition coefficient (Wildman–Crippen LogP) is 1.33. The van der Waals surface area contributed by atoms with E-state index in [1.165, 1.54) is 10.9 Å². The van der Waals surface area contributed by atoms with Crippen molar-refractivity contribution in [3.8, 4) is 0 Å². The van der Waals surface area contributed by atoms with Crippen LogP contribution in [0.25, 0.3) is 0 Å². The Kier molecular flexibility index (Phi) is 4.42. The number of sulfonamides is 1. The quantitative estimate of drug-likeness (QED) is 0.883. The van der Waals surface area contributed by atoms with Gasteiger partial charge in [0.1, 0.15) is 4.90 Å². The SMILES string of the molecule is Cc1c(S(=O)(=O)NCc2ccc(N3CCCC3=O)cc2)cnn1C. The number of amides is 1. The Morgan fingerprint density at radius 2 is 1.96 bits per heavy atom. The molecule has 0 saturated carbocycles. The van der Waals surface area contributed by atoms with E-state index in [0.29, 0.717) is 12.1 Å². The van der Waals surface area contributed by atoms with Crippen molar-refractivity contribution >= 4 is 21.6 Å². The van der Waals surface area contributed by atoms with Crippen molar-refractivity contribution in [1.29, 1.82) is 0 Å². The zero-order valence-corrected chi connectivity index (χ0v) is 14.5. The summed E-state index contributed by atoms with van der Waals surface area (Å²) in [5.41, 5.74) is 2.27. The number of hydrogen-bond acceptors (Lipinski definition) is 4. The fourth-order valence-electron chi connectivity index (χ4n) is 2.71. The molecule has 0 radical (unpaired) electrons. The molecule has 1 aliphatic heterocycles. The van der Waals surface area contributed by atoms with Gasteiger partial charge >= 0.3 is 0 Å². The number of anilines is 1. The molecule has 24 heavy (non-hydrogen) atoms. The van der Waals surface area contributed by atoms with Crippen LogP contribution in [0, 0.1) is 6.92 Å². The lowest BCUT2D eigenvalue weighted by molar-refractivity contribution is -0.117. The first-order chi connectivity index (χ1) is 11.4. The van der Waals surface area contributed by atoms with Crippen LogP contribution in [0.1, 0.15) is 24.1 Å². The van der Waals surface area contributed by atoms with Crippen LogP contribution in [0.4, 0.5) is 5.69 Å². The molecular weight excluding hydrogens is 328 g/mol. The van der Waals surface area contributed by atoms with Gasteiger partial charge in [-0.25, -0.2) is 13.1 Å². The number of carbonyl (C=O) groups is 1. The second kappa shape index (κ2) is 6.37. The van der Waals surface area contributed by atoms with Gasteiger partial charge in [-0.2, -0.15) is 5.10 Å². The lowest BCUT2D eigenvalue weighted by Crippen LogP contribution is -2.24. The second-order valence-electron chi connectivity index (χ2n) is 5.86. The average Bonchev–Trinajstić information content (AvgIpc) is 3.13. The summed E-state index contributed by atoms with van der Waals surface area (Å²) in [5.74, 6) is 0.135. The van der Waals surface area contributed by atoms with Crippen molar-refractivity contribution in [2.24, 2.45) is 7.05 Å². The lowest BCUT2D eigenvalue weighted by Gasteiger charge is -2.16. The molecule has 8 heteroatoms. The fourth-order valence-corrected chi connectivity index (χ4v) is 3.93. The van der Waals surface area contributed by atoms with Gasteiger partial charge < -0.3 is 4.90 Å². The molecule has 1 aliphatic rings. The van der Waals surface area contributed by atoms with Crippen LogP contribution in [0.15, 0.2) is 35.4 Å². The number of benzene rings is 1. The molecule has 2 heterocycles. The first-order valence-electron chi connectivity index (χ1n) is 7.76. The van der Waals surface area contributed by atoms with Crippen LogP contribution in [-0.4, -0.2) is 30.7 Å². The van der Waals surface area contributed by atoms with Gasteiger partial charge in [-0.1, -0.05) is 12.1 Å². The molecule has 1 N–H and O–H groups in total. The van der Waals surface area contributed by atoms with Crippen LogP contribution in [0.3, 0.4) is 0 Å². The third kappa shape index (κ3) is 3.20. The Morgan fingerprint density at radius 3 is 2.50 bits per heavy atom. The summed E-state index contributed by atoms with van der Waals surface area (Å²) in [6.45, 7) is 2.64. The first kappa shape index (κ1) is 16.7. The molecule has 0 bridgehead atoms. The molecule has 3 rings (SSSR count). The monoisotopic (exact) mass is 348 g/mol. The van der Waals surface area contributed by atoms with Crippen molar-refractivity contribution in [3.05, 3.63) is 41.7 Å². The van der Waals surface area contributed by atoms with Gasteiger partial charge in [-0.15, -0.1) is 0 Å². The summed E-state index contributed by atoms with van der Waals surface area (Å²) in [6.07, 6.45) is 2.82. The van der Waals surface area contributed by atoms with Gasteiger partial charge in [0.15, 0.2) is 0 Å². The van der Waals surface area contributed by atoms with E-state index in [0.717, 1.165) is 24.2 Å². The molecule has 1 aromatic heterocycles. The molecule has 0 atom stereocenters. The first-order valence-corrected chi connectivity index (χ1v) is 9.24. The highest BCUT2D eigenvalue weighted by Crippen LogP contribution is 2.22. The molecule has 0 unspecified atom stereocenters. The van der Waals surface area contributed by atoms with Crippen LogP contribution in [-0.2, 0) is 28.4 Å². The largest absolute Gasteiger partial charge is 0.312 e. The van der Waals surface area contributed by atoms with E-state index in [1.807, 2.05) is 24.3 Å². The highest BCUT2D eigenvalue weighted by molar-refractivity contribution is 7.89. The molecule has 0 spiro atoms. The van der Waals surface area contributed by atoms with Crippen LogP contribution in [0.2, 0.25) is 0 Å². The number of hydrogen-bond donors (Lipinski definition) is 1. The third-order valence-electron chi connectivity index (χ3n) is 4.27. The predicted molar refractivity (Wildman–Crippen MR) is 90.0 cm³/mol. The fraction of sp³-hybridized carbons (Fsp3) is 0.375. The van der Waals surface area contributed by atoms with E-state index >= 15 is 0 Å². The molecule has 1 fully saturated rings. The smallest absolute Gasteiger partial charge is 0.244 e. The molecule has 1 amide bonds. The van der Waals surface area contributed by atoms with E-state index in [4.69, 9.17) is 0 Å². The maximum Gasteiger partial charge on any atom is 0.244 e. The Balaban J connectivity index is 1.68. The maximum absolute atomic E-state index is 12.3. The summed E-state index contributed by atoms with van der Waals surface area (Å²) in [4.78, 5) is 13.7. The Hall–Kier alpha value is -2.19. The molecule has 0 aliphatic carbocycles. The Bertz CT molecular complexity index is 856. The van der Waals surface area contributed by atoms with Crippen LogP contribution >= 0.6 is 0 Å². The van der Waals surface area contributed by atoms with Crippen molar-refractivity contribution in [3.63, 3.8) is 0 Å². The summed E-state index contributed by atoms with van der Waals surface area (Å²) in [7, 11) is -1.90. The number of aryl methyl sites for hydroxylation is 1. The van der Waals surface area contributed by atoms with Gasteiger partial charge in [0.05, 0.1) is 11.9 Å². The molecular formula is C16H20N4O3S. The minimum Gasteiger partial charge on any atom is -0.312 e. The minimum absolute atomic E-state index is 0.135. The van der Waals surface area contributed by atoms with Gasteiger partial charge in [-0.05, 0) is 31.0 Å². The number of rotatable bonds is 5. The van der Waals surface area contributed by atoms with E-state index in [2.05, 4.69) is 9.82 Å². The normalized spacial score (nSPS) is 15.2. The summed E-state index contributed by atoms with van der Waals surface area (Å²) >= 11 is 0. The second-order valence-corrected chi connectivity index (χ2v) is 7.59.